The van der Waals surface area contributed by atoms with Crippen LogP contribution >= 0.6 is 0 Å². The van der Waals surface area contributed by atoms with Crippen molar-refractivity contribution in [1.82, 2.24) is 4.90 Å². The molecule has 1 aromatic rings. The smallest absolute Gasteiger partial charge is 0.327 e. The minimum Gasteiger partial charge on any atom is -0.465 e. The Bertz CT molecular complexity index is 429. The van der Waals surface area contributed by atoms with E-state index in [1.165, 1.54) is 0 Å². The van der Waals surface area contributed by atoms with E-state index in [2.05, 4.69) is 4.90 Å². The van der Waals surface area contributed by atoms with Gasteiger partial charge < -0.3 is 9.47 Å². The quantitative estimate of drug-likeness (QED) is 0.755. The van der Waals surface area contributed by atoms with Gasteiger partial charge in [0.25, 0.3) is 0 Å². The van der Waals surface area contributed by atoms with Crippen LogP contribution in [-0.4, -0.2) is 44.3 Å². The highest BCUT2D eigenvalue weighted by Crippen LogP contribution is 2.24. The van der Waals surface area contributed by atoms with Crippen molar-refractivity contribution in [3.8, 4) is 0 Å². The summed E-state index contributed by atoms with van der Waals surface area (Å²) in [6.45, 7) is 4.74. The van der Waals surface area contributed by atoms with Crippen LogP contribution in [0.3, 0.4) is 0 Å². The maximum absolute atomic E-state index is 12.3. The molecule has 2 rings (SSSR count). The van der Waals surface area contributed by atoms with Crippen molar-refractivity contribution in [3.63, 3.8) is 0 Å². The third-order valence-corrected chi connectivity index (χ3v) is 3.87. The van der Waals surface area contributed by atoms with Gasteiger partial charge in [-0.3, -0.25) is 4.90 Å². The Morgan fingerprint density at radius 2 is 2.19 bits per heavy atom. The van der Waals surface area contributed by atoms with Crippen molar-refractivity contribution in [2.24, 2.45) is 5.92 Å². The van der Waals surface area contributed by atoms with Crippen molar-refractivity contribution < 1.29 is 14.3 Å². The molecular formula is C17H25NO3. The van der Waals surface area contributed by atoms with Crippen LogP contribution < -0.4 is 0 Å². The summed E-state index contributed by atoms with van der Waals surface area (Å²) >= 11 is 0. The van der Waals surface area contributed by atoms with Gasteiger partial charge in [0, 0.05) is 13.2 Å². The number of hydrogen-bond donors (Lipinski definition) is 0. The van der Waals surface area contributed by atoms with Crippen molar-refractivity contribution in [2.45, 2.75) is 25.8 Å². The zero-order valence-electron chi connectivity index (χ0n) is 13.0. The average Bonchev–Trinajstić information content (AvgIpc) is 2.50. The van der Waals surface area contributed by atoms with E-state index in [-0.39, 0.29) is 12.0 Å². The molecular weight excluding hydrogens is 266 g/mol. The second-order valence-corrected chi connectivity index (χ2v) is 5.59. The maximum Gasteiger partial charge on any atom is 0.327 e. The number of benzene rings is 1. The Hall–Kier alpha value is -1.39. The third-order valence-electron chi connectivity index (χ3n) is 3.87. The molecule has 0 N–H and O–H groups in total. The van der Waals surface area contributed by atoms with Crippen LogP contribution in [0.1, 0.15) is 31.4 Å². The van der Waals surface area contributed by atoms with Gasteiger partial charge in [-0.25, -0.2) is 4.79 Å². The van der Waals surface area contributed by atoms with Gasteiger partial charge >= 0.3 is 5.97 Å². The molecule has 0 saturated carbocycles. The number of hydrogen-bond acceptors (Lipinski definition) is 4. The van der Waals surface area contributed by atoms with Crippen LogP contribution in [-0.2, 0) is 14.3 Å². The number of carbonyl (C=O) groups is 1. The molecule has 21 heavy (non-hydrogen) atoms. The van der Waals surface area contributed by atoms with Crippen LogP contribution in [0.4, 0.5) is 0 Å². The minimum atomic E-state index is -0.340. The molecule has 4 heteroatoms. The Morgan fingerprint density at radius 3 is 2.81 bits per heavy atom. The van der Waals surface area contributed by atoms with Crippen molar-refractivity contribution >= 4 is 5.97 Å². The lowest BCUT2D eigenvalue weighted by Gasteiger charge is -2.31. The standard InChI is InChI=1S/C17H25NO3/c1-3-21-17(19)16(15-9-5-4-6-10-15)18(2)12-14-8-7-11-20-13-14/h4-6,9-10,14,16H,3,7-8,11-13H2,1-2H3. The van der Waals surface area contributed by atoms with Crippen LogP contribution in [0.15, 0.2) is 30.3 Å². The zero-order chi connectivity index (χ0) is 15.1. The fourth-order valence-electron chi connectivity index (χ4n) is 2.89. The van der Waals surface area contributed by atoms with Crippen LogP contribution in [0.5, 0.6) is 0 Å². The van der Waals surface area contributed by atoms with E-state index >= 15 is 0 Å². The van der Waals surface area contributed by atoms with Gasteiger partial charge in [0.05, 0.1) is 13.2 Å². The van der Waals surface area contributed by atoms with Gasteiger partial charge in [-0.15, -0.1) is 0 Å². The minimum absolute atomic E-state index is 0.178. The van der Waals surface area contributed by atoms with Crippen molar-refractivity contribution in [2.75, 3.05) is 33.4 Å². The molecule has 0 bridgehead atoms. The molecule has 4 nitrogen and oxygen atoms in total. The lowest BCUT2D eigenvalue weighted by molar-refractivity contribution is -0.149. The zero-order valence-corrected chi connectivity index (χ0v) is 13.0. The first-order chi connectivity index (χ1) is 10.2. The molecule has 1 fully saturated rings. The largest absolute Gasteiger partial charge is 0.465 e. The monoisotopic (exact) mass is 291 g/mol. The number of rotatable bonds is 6. The SMILES string of the molecule is CCOC(=O)C(c1ccccc1)N(C)CC1CCCOC1. The Balaban J connectivity index is 2.08. The molecule has 2 unspecified atom stereocenters. The van der Waals surface area contributed by atoms with Crippen LogP contribution in [0, 0.1) is 5.92 Å². The van der Waals surface area contributed by atoms with Crippen LogP contribution in [0.2, 0.25) is 0 Å². The summed E-state index contributed by atoms with van der Waals surface area (Å²) in [5.74, 6) is 0.312. The maximum atomic E-state index is 12.3. The highest BCUT2D eigenvalue weighted by atomic mass is 16.5. The number of ether oxygens (including phenoxy) is 2. The van der Waals surface area contributed by atoms with E-state index in [4.69, 9.17) is 9.47 Å². The summed E-state index contributed by atoms with van der Waals surface area (Å²) in [4.78, 5) is 14.4. The van der Waals surface area contributed by atoms with Gasteiger partial charge in [0.1, 0.15) is 6.04 Å². The summed E-state index contributed by atoms with van der Waals surface area (Å²) in [7, 11) is 1.99. The molecule has 1 aromatic carbocycles. The van der Waals surface area contributed by atoms with E-state index in [1.54, 1.807) is 0 Å². The predicted molar refractivity (Wildman–Crippen MR) is 82.0 cm³/mol. The lowest BCUT2D eigenvalue weighted by atomic mass is 9.99. The summed E-state index contributed by atoms with van der Waals surface area (Å²) < 4.78 is 10.8. The van der Waals surface area contributed by atoms with Gasteiger partial charge in [0.2, 0.25) is 0 Å². The van der Waals surface area contributed by atoms with E-state index in [0.29, 0.717) is 12.5 Å². The van der Waals surface area contributed by atoms with E-state index in [9.17, 15) is 4.79 Å². The summed E-state index contributed by atoms with van der Waals surface area (Å²) in [5.41, 5.74) is 0.982. The summed E-state index contributed by atoms with van der Waals surface area (Å²) in [5, 5.41) is 0. The normalized spacial score (nSPS) is 20.2. The van der Waals surface area contributed by atoms with Gasteiger partial charge in [-0.2, -0.15) is 0 Å². The van der Waals surface area contributed by atoms with Crippen molar-refractivity contribution in [1.29, 1.82) is 0 Å². The van der Waals surface area contributed by atoms with Crippen LogP contribution in [0.25, 0.3) is 0 Å². The van der Waals surface area contributed by atoms with E-state index in [1.807, 2.05) is 44.3 Å². The first-order valence-electron chi connectivity index (χ1n) is 7.72. The average molecular weight is 291 g/mol. The summed E-state index contributed by atoms with van der Waals surface area (Å²) in [6, 6.07) is 9.50. The second-order valence-electron chi connectivity index (χ2n) is 5.59. The van der Waals surface area contributed by atoms with Gasteiger partial charge in [-0.05, 0) is 38.3 Å². The Kier molecular flexibility index (Phi) is 6.21. The number of esters is 1. The highest BCUT2D eigenvalue weighted by Gasteiger charge is 2.28. The molecule has 0 aromatic heterocycles. The summed E-state index contributed by atoms with van der Waals surface area (Å²) in [6.07, 6.45) is 2.27. The van der Waals surface area contributed by atoms with Crippen molar-refractivity contribution in [3.05, 3.63) is 35.9 Å². The fraction of sp³-hybridized carbons (Fsp3) is 0.588. The molecule has 2 atom stereocenters. The molecule has 0 amide bonds. The highest BCUT2D eigenvalue weighted by molar-refractivity contribution is 5.77. The third kappa shape index (κ3) is 4.55. The van der Waals surface area contributed by atoms with E-state index in [0.717, 1.165) is 38.2 Å². The molecule has 1 heterocycles. The molecule has 0 aliphatic carbocycles. The first-order valence-corrected chi connectivity index (χ1v) is 7.72. The molecule has 116 valence electrons. The number of likely N-dealkylation sites (N-methyl/N-ethyl adjacent to an activating group) is 1. The van der Waals surface area contributed by atoms with E-state index < -0.39 is 0 Å². The Labute approximate surface area is 127 Å². The molecule has 0 radical (unpaired) electrons. The molecule has 1 aliphatic rings. The number of carbonyl (C=O) groups excluding carboxylic acids is 1. The Morgan fingerprint density at radius 1 is 1.43 bits per heavy atom. The fourth-order valence-corrected chi connectivity index (χ4v) is 2.89. The number of nitrogens with zero attached hydrogens (tertiary/aromatic N) is 1. The molecule has 0 spiro atoms. The molecule has 1 saturated heterocycles. The molecule has 1 aliphatic heterocycles. The topological polar surface area (TPSA) is 38.8 Å². The lowest BCUT2D eigenvalue weighted by Crippen LogP contribution is -2.37. The predicted octanol–water partition coefficient (Wildman–Crippen LogP) is 2.65. The second kappa shape index (κ2) is 8.15. The first kappa shape index (κ1) is 16.0. The van der Waals surface area contributed by atoms with Gasteiger partial charge in [0.15, 0.2) is 0 Å². The van der Waals surface area contributed by atoms with Gasteiger partial charge in [-0.1, -0.05) is 30.3 Å².